The van der Waals surface area contributed by atoms with Gasteiger partial charge in [-0.2, -0.15) is 5.10 Å². The van der Waals surface area contributed by atoms with Crippen LogP contribution in [0.3, 0.4) is 0 Å². The first-order valence-corrected chi connectivity index (χ1v) is 8.15. The van der Waals surface area contributed by atoms with Gasteiger partial charge in [-0.05, 0) is 31.9 Å². The molecule has 0 unspecified atom stereocenters. The molecule has 2 N–H and O–H groups in total. The molecule has 5 nitrogen and oxygen atoms in total. The largest absolute Gasteiger partial charge is 0.353 e. The van der Waals surface area contributed by atoms with Crippen LogP contribution in [0.4, 0.5) is 5.82 Å². The number of hydrogen-bond acceptors (Lipinski definition) is 4. The summed E-state index contributed by atoms with van der Waals surface area (Å²) in [4.78, 5) is 7.26. The van der Waals surface area contributed by atoms with Crippen LogP contribution in [0.25, 0.3) is 5.65 Å². The fourth-order valence-corrected chi connectivity index (χ4v) is 3.28. The molecule has 2 heterocycles. The second kappa shape index (κ2) is 6.89. The minimum atomic E-state index is 0.608. The number of nitrogens with zero attached hydrogens (tertiary/aromatic N) is 4. The maximum Gasteiger partial charge on any atom is 0.157 e. The Bertz CT molecular complexity index is 557. The highest BCUT2D eigenvalue weighted by atomic mass is 15.3. The van der Waals surface area contributed by atoms with Crippen molar-refractivity contribution >= 4 is 11.5 Å². The lowest BCUT2D eigenvalue weighted by Gasteiger charge is -2.32. The molecule has 0 saturated heterocycles. The highest BCUT2D eigenvalue weighted by Gasteiger charge is 2.21. The third-order valence-electron chi connectivity index (χ3n) is 4.41. The number of fused-ring (bicyclic) bond motifs is 1. The Morgan fingerprint density at radius 1 is 1.19 bits per heavy atom. The van der Waals surface area contributed by atoms with Crippen molar-refractivity contribution < 1.29 is 0 Å². The molecule has 21 heavy (non-hydrogen) atoms. The van der Waals surface area contributed by atoms with Gasteiger partial charge in [0.25, 0.3) is 0 Å². The molecule has 0 amide bonds. The summed E-state index contributed by atoms with van der Waals surface area (Å²) in [5, 5.41) is 4.22. The predicted molar refractivity (Wildman–Crippen MR) is 85.5 cm³/mol. The Morgan fingerprint density at radius 2 is 2.00 bits per heavy atom. The molecule has 0 bridgehead atoms. The fraction of sp³-hybridized carbons (Fsp3) is 0.625. The van der Waals surface area contributed by atoms with E-state index in [4.69, 9.17) is 10.7 Å². The highest BCUT2D eigenvalue weighted by molar-refractivity contribution is 5.48. The molecule has 2 aromatic heterocycles. The molecule has 2 aromatic rings. The van der Waals surface area contributed by atoms with Crippen LogP contribution in [0.2, 0.25) is 0 Å². The van der Waals surface area contributed by atoms with Crippen molar-refractivity contribution in [3.63, 3.8) is 0 Å². The highest BCUT2D eigenvalue weighted by Crippen LogP contribution is 2.26. The number of anilines is 1. The second-order valence-corrected chi connectivity index (χ2v) is 5.90. The van der Waals surface area contributed by atoms with Gasteiger partial charge < -0.3 is 10.6 Å². The number of hydrogen-bond donors (Lipinski definition) is 1. The smallest absolute Gasteiger partial charge is 0.157 e. The Morgan fingerprint density at radius 3 is 2.76 bits per heavy atom. The van der Waals surface area contributed by atoms with Crippen molar-refractivity contribution in [3.8, 4) is 0 Å². The lowest BCUT2D eigenvalue weighted by Crippen LogP contribution is -2.37. The van der Waals surface area contributed by atoms with Gasteiger partial charge >= 0.3 is 0 Å². The van der Waals surface area contributed by atoms with E-state index >= 15 is 0 Å². The quantitative estimate of drug-likeness (QED) is 0.859. The van der Waals surface area contributed by atoms with Gasteiger partial charge in [0, 0.05) is 24.8 Å². The molecule has 0 aromatic carbocycles. The van der Waals surface area contributed by atoms with Crippen molar-refractivity contribution in [3.05, 3.63) is 24.5 Å². The van der Waals surface area contributed by atoms with Gasteiger partial charge in [0.05, 0.1) is 6.20 Å². The van der Waals surface area contributed by atoms with E-state index in [2.05, 4.69) is 16.1 Å². The molecular formula is C16H25N5. The van der Waals surface area contributed by atoms with E-state index < -0.39 is 0 Å². The second-order valence-electron chi connectivity index (χ2n) is 5.90. The summed E-state index contributed by atoms with van der Waals surface area (Å²) in [5.74, 6) is 1.07. The monoisotopic (exact) mass is 287 g/mol. The standard InChI is InChI=1S/C16H25N5/c17-10-5-12-20(14-6-3-1-2-4-7-14)15-9-13-21-16(19-15)8-11-18-21/h8-9,11,13-14H,1-7,10,12,17H2. The van der Waals surface area contributed by atoms with Gasteiger partial charge in [-0.3, -0.25) is 0 Å². The Hall–Kier alpha value is -1.62. The maximum atomic E-state index is 5.73. The summed E-state index contributed by atoms with van der Waals surface area (Å²) in [5.41, 5.74) is 6.64. The topological polar surface area (TPSA) is 59.5 Å². The van der Waals surface area contributed by atoms with Crippen molar-refractivity contribution in [1.29, 1.82) is 0 Å². The van der Waals surface area contributed by atoms with Crippen molar-refractivity contribution in [2.75, 3.05) is 18.0 Å². The van der Waals surface area contributed by atoms with Crippen LogP contribution >= 0.6 is 0 Å². The van der Waals surface area contributed by atoms with Crippen molar-refractivity contribution in [2.45, 2.75) is 51.0 Å². The van der Waals surface area contributed by atoms with Gasteiger partial charge in [-0.15, -0.1) is 0 Å². The van der Waals surface area contributed by atoms with E-state index in [9.17, 15) is 0 Å². The zero-order valence-corrected chi connectivity index (χ0v) is 12.6. The molecule has 5 heteroatoms. The van der Waals surface area contributed by atoms with E-state index in [0.717, 1.165) is 31.0 Å². The maximum absolute atomic E-state index is 5.73. The molecule has 0 radical (unpaired) electrons. The van der Waals surface area contributed by atoms with E-state index in [-0.39, 0.29) is 0 Å². The fourth-order valence-electron chi connectivity index (χ4n) is 3.28. The molecule has 0 spiro atoms. The summed E-state index contributed by atoms with van der Waals surface area (Å²) in [6.07, 6.45) is 12.8. The minimum Gasteiger partial charge on any atom is -0.353 e. The predicted octanol–water partition coefficient (Wildman–Crippen LogP) is 2.61. The zero-order chi connectivity index (χ0) is 14.5. The first-order chi connectivity index (χ1) is 10.4. The third kappa shape index (κ3) is 3.35. The third-order valence-corrected chi connectivity index (χ3v) is 4.41. The SMILES string of the molecule is NCCCN(c1ccn2nccc2n1)C1CCCCCC1. The van der Waals surface area contributed by atoms with Crippen LogP contribution in [-0.2, 0) is 0 Å². The Labute approximate surface area is 126 Å². The zero-order valence-electron chi connectivity index (χ0n) is 12.6. The van der Waals surface area contributed by atoms with E-state index in [1.807, 2.05) is 16.8 Å². The van der Waals surface area contributed by atoms with Gasteiger partial charge in [0.15, 0.2) is 5.65 Å². The van der Waals surface area contributed by atoms with Gasteiger partial charge in [-0.25, -0.2) is 9.50 Å². The van der Waals surface area contributed by atoms with E-state index in [1.54, 1.807) is 6.20 Å². The molecule has 3 rings (SSSR count). The summed E-state index contributed by atoms with van der Waals surface area (Å²) in [7, 11) is 0. The lowest BCUT2D eigenvalue weighted by molar-refractivity contribution is 0.515. The Balaban J connectivity index is 1.85. The summed E-state index contributed by atoms with van der Waals surface area (Å²) in [6, 6.07) is 4.65. The molecule has 0 aliphatic heterocycles. The molecular weight excluding hydrogens is 262 g/mol. The van der Waals surface area contributed by atoms with Gasteiger partial charge in [-0.1, -0.05) is 25.7 Å². The molecule has 1 saturated carbocycles. The normalized spacial score (nSPS) is 17.0. The number of nitrogens with two attached hydrogens (primary N) is 1. The summed E-state index contributed by atoms with van der Waals surface area (Å²) < 4.78 is 1.82. The molecule has 1 aliphatic rings. The van der Waals surface area contributed by atoms with Gasteiger partial charge in [0.1, 0.15) is 5.82 Å². The molecule has 0 atom stereocenters. The van der Waals surface area contributed by atoms with E-state index in [1.165, 1.54) is 38.5 Å². The average molecular weight is 287 g/mol. The number of aromatic nitrogens is 3. The Kier molecular flexibility index (Phi) is 4.70. The molecule has 1 aliphatic carbocycles. The van der Waals surface area contributed by atoms with Crippen LogP contribution in [0.15, 0.2) is 24.5 Å². The summed E-state index contributed by atoms with van der Waals surface area (Å²) in [6.45, 7) is 1.73. The van der Waals surface area contributed by atoms with Crippen LogP contribution in [-0.4, -0.2) is 33.7 Å². The first-order valence-electron chi connectivity index (χ1n) is 8.15. The number of rotatable bonds is 5. The minimum absolute atomic E-state index is 0.608. The van der Waals surface area contributed by atoms with Crippen LogP contribution < -0.4 is 10.6 Å². The van der Waals surface area contributed by atoms with E-state index in [0.29, 0.717) is 6.04 Å². The van der Waals surface area contributed by atoms with Crippen molar-refractivity contribution in [1.82, 2.24) is 14.6 Å². The molecule has 114 valence electrons. The van der Waals surface area contributed by atoms with Crippen molar-refractivity contribution in [2.24, 2.45) is 5.73 Å². The van der Waals surface area contributed by atoms with Crippen LogP contribution in [0.1, 0.15) is 44.9 Å². The first kappa shape index (κ1) is 14.3. The summed E-state index contributed by atoms with van der Waals surface area (Å²) >= 11 is 0. The van der Waals surface area contributed by atoms with Crippen LogP contribution in [0, 0.1) is 0 Å². The lowest BCUT2D eigenvalue weighted by atomic mass is 10.1. The average Bonchev–Trinajstić information content (AvgIpc) is 2.81. The van der Waals surface area contributed by atoms with Gasteiger partial charge in [0.2, 0.25) is 0 Å². The van der Waals surface area contributed by atoms with Crippen LogP contribution in [0.5, 0.6) is 0 Å². The molecule has 1 fully saturated rings.